The van der Waals surface area contributed by atoms with E-state index in [1.54, 1.807) is 0 Å². The van der Waals surface area contributed by atoms with E-state index in [1.165, 1.54) is 6.20 Å². The highest BCUT2D eigenvalue weighted by molar-refractivity contribution is 6.22. The number of carbonyl (C=O) groups excluding carboxylic acids is 1. The third-order valence-corrected chi connectivity index (χ3v) is 1.74. The molecule has 0 fully saturated rings. The molecule has 0 spiro atoms. The fourth-order valence-corrected chi connectivity index (χ4v) is 1.12. The maximum absolute atomic E-state index is 11.4. The van der Waals surface area contributed by atoms with Crippen LogP contribution in [0.1, 0.15) is 0 Å². The molecule has 0 aromatic carbocycles. The van der Waals surface area contributed by atoms with Crippen molar-refractivity contribution in [3.05, 3.63) is 11.8 Å². The Morgan fingerprint density at radius 2 is 2.57 bits per heavy atom. The van der Waals surface area contributed by atoms with E-state index in [9.17, 15) is 4.79 Å². The van der Waals surface area contributed by atoms with Crippen molar-refractivity contribution < 1.29 is 4.79 Å². The summed E-state index contributed by atoms with van der Waals surface area (Å²) in [5.41, 5.74) is 0.392. The molecular formula is C8H7N5O. The Morgan fingerprint density at radius 1 is 1.71 bits per heavy atom. The second kappa shape index (κ2) is 3.40. The third kappa shape index (κ3) is 1.41. The molecule has 2 N–H and O–H groups in total. The molecule has 14 heavy (non-hydrogen) atoms. The van der Waals surface area contributed by atoms with Crippen LogP contribution >= 0.6 is 0 Å². The monoisotopic (exact) mass is 189 g/mol. The number of carbonyl (C=O) groups is 1. The van der Waals surface area contributed by atoms with Crippen LogP contribution in [0.4, 0.5) is 0 Å². The number of amidine groups is 1. The lowest BCUT2D eigenvalue weighted by molar-refractivity contribution is -0.118. The summed E-state index contributed by atoms with van der Waals surface area (Å²) >= 11 is 0. The number of nitrogens with one attached hydrogen (secondary N) is 2. The van der Waals surface area contributed by atoms with Crippen LogP contribution in [-0.4, -0.2) is 24.6 Å². The van der Waals surface area contributed by atoms with Crippen LogP contribution in [0.3, 0.4) is 0 Å². The van der Waals surface area contributed by atoms with Crippen molar-refractivity contribution in [1.29, 1.82) is 0 Å². The smallest absolute Gasteiger partial charge is 0.259 e. The molecule has 0 aromatic heterocycles. The van der Waals surface area contributed by atoms with Crippen LogP contribution in [0.2, 0.25) is 0 Å². The van der Waals surface area contributed by atoms with Crippen LogP contribution in [0, 0.1) is 12.3 Å². The minimum atomic E-state index is -0.511. The van der Waals surface area contributed by atoms with Gasteiger partial charge in [0.2, 0.25) is 0 Å². The molecule has 0 saturated heterocycles. The minimum Gasteiger partial charge on any atom is -0.318 e. The summed E-state index contributed by atoms with van der Waals surface area (Å²) in [7, 11) is 0. The van der Waals surface area contributed by atoms with Gasteiger partial charge in [0.25, 0.3) is 5.91 Å². The first-order valence-electron chi connectivity index (χ1n) is 3.98. The fraction of sp³-hybridized carbons (Fsp3) is 0.250. The van der Waals surface area contributed by atoms with Gasteiger partial charge in [0.05, 0.1) is 12.7 Å². The molecule has 2 rings (SSSR count). The molecule has 6 nitrogen and oxygen atoms in total. The predicted molar refractivity (Wildman–Crippen MR) is 49.1 cm³/mol. The molecule has 2 aliphatic rings. The standard InChI is InChI=1S/C8H7N5O/c1-2-3-9-8-11-6-5(4-10-13-6)7(14)12-8/h1,4,8-9H,3H2,(H,12,14). The average Bonchev–Trinajstić information content (AvgIpc) is 2.63. The van der Waals surface area contributed by atoms with Crippen molar-refractivity contribution in [2.45, 2.75) is 6.29 Å². The van der Waals surface area contributed by atoms with E-state index in [4.69, 9.17) is 6.42 Å². The van der Waals surface area contributed by atoms with Gasteiger partial charge in [-0.25, -0.2) is 4.99 Å². The highest BCUT2D eigenvalue weighted by Gasteiger charge is 2.27. The quantitative estimate of drug-likeness (QED) is 0.567. The largest absolute Gasteiger partial charge is 0.318 e. The van der Waals surface area contributed by atoms with Crippen LogP contribution in [0.5, 0.6) is 0 Å². The molecule has 70 valence electrons. The van der Waals surface area contributed by atoms with Gasteiger partial charge in [0.15, 0.2) is 12.1 Å². The first-order chi connectivity index (χ1) is 6.81. The van der Waals surface area contributed by atoms with Gasteiger partial charge >= 0.3 is 0 Å². The number of amides is 1. The zero-order valence-electron chi connectivity index (χ0n) is 7.19. The second-order valence-corrected chi connectivity index (χ2v) is 2.67. The fourth-order valence-electron chi connectivity index (χ4n) is 1.12. The van der Waals surface area contributed by atoms with E-state index < -0.39 is 6.29 Å². The van der Waals surface area contributed by atoms with Crippen molar-refractivity contribution in [2.75, 3.05) is 6.54 Å². The lowest BCUT2D eigenvalue weighted by Gasteiger charge is -2.19. The highest BCUT2D eigenvalue weighted by Crippen LogP contribution is 2.13. The van der Waals surface area contributed by atoms with Crippen LogP contribution in [0.15, 0.2) is 27.0 Å². The molecule has 1 unspecified atom stereocenters. The van der Waals surface area contributed by atoms with Crippen molar-refractivity contribution in [3.63, 3.8) is 0 Å². The molecule has 1 amide bonds. The Labute approximate surface area is 80.2 Å². The van der Waals surface area contributed by atoms with Crippen molar-refractivity contribution in [2.24, 2.45) is 15.2 Å². The highest BCUT2D eigenvalue weighted by atomic mass is 16.2. The third-order valence-electron chi connectivity index (χ3n) is 1.74. The summed E-state index contributed by atoms with van der Waals surface area (Å²) in [6, 6.07) is 0. The Morgan fingerprint density at radius 3 is 3.36 bits per heavy atom. The lowest BCUT2D eigenvalue weighted by atomic mass is 10.2. The minimum absolute atomic E-state index is 0.241. The number of hydrogen-bond acceptors (Lipinski definition) is 5. The van der Waals surface area contributed by atoms with Gasteiger partial charge in [-0.2, -0.15) is 5.11 Å². The van der Waals surface area contributed by atoms with Crippen molar-refractivity contribution >= 4 is 11.7 Å². The van der Waals surface area contributed by atoms with Gasteiger partial charge in [-0.05, 0) is 0 Å². The zero-order valence-corrected chi connectivity index (χ0v) is 7.19. The normalized spacial score (nSPS) is 23.4. The van der Waals surface area contributed by atoms with E-state index in [0.29, 0.717) is 18.0 Å². The summed E-state index contributed by atoms with van der Waals surface area (Å²) < 4.78 is 0. The first-order valence-corrected chi connectivity index (χ1v) is 3.98. The number of fused-ring (bicyclic) bond motifs is 1. The topological polar surface area (TPSA) is 78.2 Å². The van der Waals surface area contributed by atoms with Crippen molar-refractivity contribution in [1.82, 2.24) is 10.6 Å². The molecule has 0 bridgehead atoms. The number of hydrogen-bond donors (Lipinski definition) is 2. The molecule has 0 saturated carbocycles. The van der Waals surface area contributed by atoms with Crippen LogP contribution in [0.25, 0.3) is 0 Å². The zero-order chi connectivity index (χ0) is 9.97. The van der Waals surface area contributed by atoms with Gasteiger partial charge in [-0.1, -0.05) is 5.92 Å². The van der Waals surface area contributed by atoms with E-state index in [0.717, 1.165) is 0 Å². The Bertz CT molecular complexity index is 400. The molecular weight excluding hydrogens is 182 g/mol. The van der Waals surface area contributed by atoms with E-state index in [-0.39, 0.29) is 5.91 Å². The number of nitrogens with zero attached hydrogens (tertiary/aromatic N) is 3. The van der Waals surface area contributed by atoms with E-state index in [1.807, 2.05) is 0 Å². The molecule has 0 aliphatic carbocycles. The van der Waals surface area contributed by atoms with Crippen LogP contribution < -0.4 is 10.6 Å². The molecule has 0 aromatic rings. The molecule has 2 aliphatic heterocycles. The summed E-state index contributed by atoms with van der Waals surface area (Å²) in [5, 5.41) is 12.7. The number of azo groups is 1. The second-order valence-electron chi connectivity index (χ2n) is 2.67. The summed E-state index contributed by atoms with van der Waals surface area (Å²) in [5.74, 6) is 2.50. The Hall–Kier alpha value is -2.00. The molecule has 0 radical (unpaired) electrons. The maximum atomic E-state index is 11.4. The number of rotatable bonds is 2. The molecule has 6 heteroatoms. The van der Waals surface area contributed by atoms with Gasteiger partial charge in [0.1, 0.15) is 5.57 Å². The molecule has 2 heterocycles. The van der Waals surface area contributed by atoms with Crippen molar-refractivity contribution in [3.8, 4) is 12.3 Å². The van der Waals surface area contributed by atoms with Gasteiger partial charge in [0, 0.05) is 0 Å². The predicted octanol–water partition coefficient (Wildman–Crippen LogP) is -0.629. The Kier molecular flexibility index (Phi) is 2.08. The number of terminal acetylenes is 1. The van der Waals surface area contributed by atoms with E-state index >= 15 is 0 Å². The maximum Gasteiger partial charge on any atom is 0.259 e. The molecule has 1 atom stereocenters. The Balaban J connectivity index is 2.15. The van der Waals surface area contributed by atoms with Gasteiger partial charge in [-0.3, -0.25) is 10.1 Å². The van der Waals surface area contributed by atoms with E-state index in [2.05, 4.69) is 31.8 Å². The van der Waals surface area contributed by atoms with Gasteiger partial charge < -0.3 is 5.32 Å². The first kappa shape index (κ1) is 8.59. The lowest BCUT2D eigenvalue weighted by Crippen LogP contribution is -2.48. The number of aliphatic imine (C=N–C) groups is 1. The summed E-state index contributed by atoms with van der Waals surface area (Å²) in [6.07, 6.45) is 5.93. The average molecular weight is 189 g/mol. The summed E-state index contributed by atoms with van der Waals surface area (Å²) in [6.45, 7) is 0.331. The SMILES string of the molecule is C#CCNC1N=C2N=NC=C2C(=O)N1. The summed E-state index contributed by atoms with van der Waals surface area (Å²) in [4.78, 5) is 15.5. The van der Waals surface area contributed by atoms with Gasteiger partial charge in [-0.15, -0.1) is 11.5 Å². The van der Waals surface area contributed by atoms with Crippen LogP contribution in [-0.2, 0) is 4.79 Å².